The van der Waals surface area contributed by atoms with E-state index in [1.165, 1.54) is 19.3 Å². The van der Waals surface area contributed by atoms with E-state index in [1.807, 2.05) is 28.8 Å². The highest BCUT2D eigenvalue weighted by atomic mass is 15.4. The van der Waals surface area contributed by atoms with Gasteiger partial charge in [0.05, 0.1) is 5.56 Å². The first-order valence-electron chi connectivity index (χ1n) is 9.90. The summed E-state index contributed by atoms with van der Waals surface area (Å²) in [6.45, 7) is 3.64. The highest BCUT2D eigenvalue weighted by molar-refractivity contribution is 5.48. The molecular weight excluding hydrogens is 352 g/mol. The van der Waals surface area contributed by atoms with Crippen molar-refractivity contribution in [1.29, 1.82) is 5.26 Å². The lowest BCUT2D eigenvalue weighted by atomic mass is 9.85. The summed E-state index contributed by atoms with van der Waals surface area (Å²) in [6.07, 6.45) is 6.30. The summed E-state index contributed by atoms with van der Waals surface area (Å²) in [7, 11) is 0. The smallest absolute Gasteiger partial charge is 0.178 e. The fourth-order valence-electron chi connectivity index (χ4n) is 3.90. The minimum Gasteiger partial charge on any atom is -0.355 e. The predicted molar refractivity (Wildman–Crippen MR) is 105 cm³/mol. The van der Waals surface area contributed by atoms with Gasteiger partial charge in [-0.05, 0) is 43.5 Å². The van der Waals surface area contributed by atoms with Gasteiger partial charge in [0.15, 0.2) is 11.5 Å². The summed E-state index contributed by atoms with van der Waals surface area (Å²) < 4.78 is 1.93. The molecule has 1 aliphatic heterocycles. The highest BCUT2D eigenvalue weighted by Gasteiger charge is 2.26. The lowest BCUT2D eigenvalue weighted by Gasteiger charge is -2.24. The van der Waals surface area contributed by atoms with Crippen molar-refractivity contribution < 1.29 is 0 Å². The number of nitriles is 1. The van der Waals surface area contributed by atoms with Crippen molar-refractivity contribution in [1.82, 2.24) is 24.8 Å². The van der Waals surface area contributed by atoms with Gasteiger partial charge in [-0.2, -0.15) is 9.78 Å². The van der Waals surface area contributed by atoms with E-state index in [0.717, 1.165) is 55.7 Å². The van der Waals surface area contributed by atoms with E-state index in [2.05, 4.69) is 31.1 Å². The Labute approximate surface area is 163 Å². The summed E-state index contributed by atoms with van der Waals surface area (Å²) in [4.78, 5) is 9.05. The number of fused-ring (bicyclic) bond motifs is 1. The standard InChI is InChI=1S/C20H22N8/c21-13-15-5-6-17(22-14-15)26-9-2-10-27(12-11-26)19-8-7-18-23-24-20(28(18)25-19)16-3-1-4-16/h5-8,14,16H,1-4,9-12H2. The average Bonchev–Trinajstić information content (AvgIpc) is 2.94. The molecule has 4 heterocycles. The molecule has 8 heteroatoms. The van der Waals surface area contributed by atoms with Crippen molar-refractivity contribution in [3.05, 3.63) is 41.9 Å². The molecule has 0 spiro atoms. The van der Waals surface area contributed by atoms with Crippen LogP contribution in [0.3, 0.4) is 0 Å². The van der Waals surface area contributed by atoms with Gasteiger partial charge in [0, 0.05) is 38.3 Å². The molecule has 0 aromatic carbocycles. The van der Waals surface area contributed by atoms with Crippen LogP contribution >= 0.6 is 0 Å². The van der Waals surface area contributed by atoms with Crippen LogP contribution in [-0.2, 0) is 0 Å². The van der Waals surface area contributed by atoms with Crippen molar-refractivity contribution in [2.45, 2.75) is 31.6 Å². The SMILES string of the molecule is N#Cc1ccc(N2CCCN(c3ccc4nnc(C5CCC5)n4n3)CC2)nc1. The monoisotopic (exact) mass is 374 g/mol. The van der Waals surface area contributed by atoms with Crippen molar-refractivity contribution >= 4 is 17.3 Å². The predicted octanol–water partition coefficient (Wildman–Crippen LogP) is 2.38. The lowest BCUT2D eigenvalue weighted by Crippen LogP contribution is -2.31. The molecule has 0 bridgehead atoms. The fraction of sp³-hybridized carbons (Fsp3) is 0.450. The van der Waals surface area contributed by atoms with Gasteiger partial charge in [0.25, 0.3) is 0 Å². The Morgan fingerprint density at radius 3 is 2.36 bits per heavy atom. The Kier molecular flexibility index (Phi) is 4.28. The van der Waals surface area contributed by atoms with E-state index < -0.39 is 0 Å². The van der Waals surface area contributed by atoms with Crippen LogP contribution in [0.15, 0.2) is 30.5 Å². The van der Waals surface area contributed by atoms with Crippen LogP contribution in [0.25, 0.3) is 5.65 Å². The van der Waals surface area contributed by atoms with E-state index in [9.17, 15) is 0 Å². The molecule has 0 amide bonds. The molecule has 142 valence electrons. The van der Waals surface area contributed by atoms with Gasteiger partial charge in [-0.15, -0.1) is 15.3 Å². The third-order valence-electron chi connectivity index (χ3n) is 5.76. The van der Waals surface area contributed by atoms with E-state index >= 15 is 0 Å². The molecule has 0 radical (unpaired) electrons. The molecule has 5 rings (SSSR count). The summed E-state index contributed by atoms with van der Waals surface area (Å²) in [5, 5.41) is 22.5. The van der Waals surface area contributed by atoms with Gasteiger partial charge in [-0.25, -0.2) is 4.98 Å². The summed E-state index contributed by atoms with van der Waals surface area (Å²) in [5.74, 6) is 3.40. The van der Waals surface area contributed by atoms with Gasteiger partial charge >= 0.3 is 0 Å². The van der Waals surface area contributed by atoms with Crippen molar-refractivity contribution in [3.8, 4) is 6.07 Å². The molecule has 3 aromatic heterocycles. The zero-order valence-corrected chi connectivity index (χ0v) is 15.7. The quantitative estimate of drug-likeness (QED) is 0.695. The molecule has 1 aliphatic carbocycles. The van der Waals surface area contributed by atoms with Crippen molar-refractivity contribution in [3.63, 3.8) is 0 Å². The second-order valence-electron chi connectivity index (χ2n) is 7.49. The van der Waals surface area contributed by atoms with E-state index in [0.29, 0.717) is 11.5 Å². The zero-order valence-electron chi connectivity index (χ0n) is 15.7. The molecule has 0 unspecified atom stereocenters. The largest absolute Gasteiger partial charge is 0.355 e. The maximum Gasteiger partial charge on any atom is 0.178 e. The second kappa shape index (κ2) is 7.08. The van der Waals surface area contributed by atoms with Gasteiger partial charge in [0.2, 0.25) is 0 Å². The molecule has 1 saturated heterocycles. The number of hydrogen-bond donors (Lipinski definition) is 0. The zero-order chi connectivity index (χ0) is 18.9. The summed E-state index contributed by atoms with van der Waals surface area (Å²) in [6, 6.07) is 9.94. The lowest BCUT2D eigenvalue weighted by molar-refractivity contribution is 0.395. The molecule has 0 atom stereocenters. The maximum absolute atomic E-state index is 8.95. The Hall–Kier alpha value is -3.21. The minimum atomic E-state index is 0.500. The van der Waals surface area contributed by atoms with Crippen LogP contribution < -0.4 is 9.80 Å². The third-order valence-corrected chi connectivity index (χ3v) is 5.76. The number of pyridine rings is 1. The van der Waals surface area contributed by atoms with Crippen LogP contribution in [0.1, 0.15) is 43.0 Å². The number of rotatable bonds is 3. The molecule has 1 saturated carbocycles. The first kappa shape index (κ1) is 16.9. The van der Waals surface area contributed by atoms with Crippen LogP contribution in [0.4, 0.5) is 11.6 Å². The minimum absolute atomic E-state index is 0.500. The summed E-state index contributed by atoms with van der Waals surface area (Å²) >= 11 is 0. The van der Waals surface area contributed by atoms with Gasteiger partial charge in [0.1, 0.15) is 17.7 Å². The van der Waals surface area contributed by atoms with E-state index in [4.69, 9.17) is 10.4 Å². The van der Waals surface area contributed by atoms with Crippen LogP contribution in [0.2, 0.25) is 0 Å². The Balaban J connectivity index is 1.34. The van der Waals surface area contributed by atoms with Gasteiger partial charge < -0.3 is 9.80 Å². The third kappa shape index (κ3) is 3.03. The second-order valence-corrected chi connectivity index (χ2v) is 7.49. The normalized spacial score (nSPS) is 18.0. The fourth-order valence-corrected chi connectivity index (χ4v) is 3.90. The molecule has 3 aromatic rings. The van der Waals surface area contributed by atoms with Crippen molar-refractivity contribution in [2.24, 2.45) is 0 Å². The van der Waals surface area contributed by atoms with Crippen LogP contribution in [-0.4, -0.2) is 51.0 Å². The maximum atomic E-state index is 8.95. The average molecular weight is 374 g/mol. The highest BCUT2D eigenvalue weighted by Crippen LogP contribution is 2.35. The van der Waals surface area contributed by atoms with Crippen LogP contribution in [0, 0.1) is 11.3 Å². The Morgan fingerprint density at radius 1 is 0.893 bits per heavy atom. The first-order chi connectivity index (χ1) is 13.8. The Bertz CT molecular complexity index is 1010. The molecule has 0 N–H and O–H groups in total. The summed E-state index contributed by atoms with van der Waals surface area (Å²) in [5.41, 5.74) is 1.41. The first-order valence-corrected chi connectivity index (χ1v) is 9.90. The molecule has 8 nitrogen and oxygen atoms in total. The number of nitrogens with zero attached hydrogens (tertiary/aromatic N) is 8. The van der Waals surface area contributed by atoms with Crippen molar-refractivity contribution in [2.75, 3.05) is 36.0 Å². The molecular formula is C20H22N8. The van der Waals surface area contributed by atoms with E-state index in [-0.39, 0.29) is 0 Å². The van der Waals surface area contributed by atoms with E-state index in [1.54, 1.807) is 6.20 Å². The number of hydrogen-bond acceptors (Lipinski definition) is 7. The molecule has 28 heavy (non-hydrogen) atoms. The topological polar surface area (TPSA) is 86.2 Å². The van der Waals surface area contributed by atoms with Gasteiger partial charge in [-0.1, -0.05) is 6.42 Å². The van der Waals surface area contributed by atoms with Crippen LogP contribution in [0.5, 0.6) is 0 Å². The molecule has 2 fully saturated rings. The number of anilines is 2. The molecule has 2 aliphatic rings. The Morgan fingerprint density at radius 2 is 1.68 bits per heavy atom. The number of aromatic nitrogens is 5. The van der Waals surface area contributed by atoms with Gasteiger partial charge in [-0.3, -0.25) is 0 Å².